The van der Waals surface area contributed by atoms with Crippen LogP contribution < -0.4 is 10.6 Å². The van der Waals surface area contributed by atoms with Gasteiger partial charge in [-0.25, -0.2) is 4.99 Å². The van der Waals surface area contributed by atoms with Gasteiger partial charge in [0.05, 0.1) is 0 Å². The quantitative estimate of drug-likeness (QED) is 0.315. The lowest BCUT2D eigenvalue weighted by molar-refractivity contribution is -0.152. The summed E-state index contributed by atoms with van der Waals surface area (Å²) in [6, 6.07) is 0.449. The molecule has 0 aromatic rings. The molecule has 6 heteroatoms. The highest BCUT2D eigenvalue weighted by atomic mass is 127. The highest BCUT2D eigenvalue weighted by molar-refractivity contribution is 14.0. The third kappa shape index (κ3) is 9.48. The lowest BCUT2D eigenvalue weighted by Crippen LogP contribution is -2.45. The molecule has 0 radical (unpaired) electrons. The molecule has 130 valence electrons. The Kier molecular flexibility index (Phi) is 10.0. The van der Waals surface area contributed by atoms with E-state index in [0.29, 0.717) is 12.0 Å². The molecule has 0 heterocycles. The van der Waals surface area contributed by atoms with Gasteiger partial charge in [0.25, 0.3) is 0 Å². The molecule has 1 fully saturated rings. The summed E-state index contributed by atoms with van der Waals surface area (Å²) >= 11 is 0. The summed E-state index contributed by atoms with van der Waals surface area (Å²) in [4.78, 5) is 16.1. The van der Waals surface area contributed by atoms with Crippen molar-refractivity contribution < 1.29 is 9.53 Å². The zero-order valence-corrected chi connectivity index (χ0v) is 16.9. The number of nitrogens with zero attached hydrogens (tertiary/aromatic N) is 1. The molecule has 0 bridgehead atoms. The van der Waals surface area contributed by atoms with Gasteiger partial charge in [0.15, 0.2) is 5.96 Å². The summed E-state index contributed by atoms with van der Waals surface area (Å²) in [5.74, 6) is 1.17. The van der Waals surface area contributed by atoms with Crippen LogP contribution in [0.1, 0.15) is 60.3 Å². The van der Waals surface area contributed by atoms with Crippen LogP contribution in [0.5, 0.6) is 0 Å². The summed E-state index contributed by atoms with van der Waals surface area (Å²) in [6.45, 7) is 10.7. The topological polar surface area (TPSA) is 62.7 Å². The Balaban J connectivity index is 0.00000441. The standard InChI is InChI=1S/C16H31N3O2.HI/c1-6-17-15(18-11-14(20)21-16(3,4)5)19-13-9-7-8-12(2)10-13;/h12-13H,6-11H2,1-5H3,(H2,17,18,19);1H. The molecule has 0 amide bonds. The third-order valence-electron chi connectivity index (χ3n) is 3.41. The molecule has 2 N–H and O–H groups in total. The van der Waals surface area contributed by atoms with E-state index in [1.54, 1.807) is 0 Å². The molecular formula is C16H32IN3O2. The maximum Gasteiger partial charge on any atom is 0.328 e. The van der Waals surface area contributed by atoms with E-state index in [1.165, 1.54) is 19.3 Å². The van der Waals surface area contributed by atoms with Gasteiger partial charge in [0.1, 0.15) is 12.1 Å². The Labute approximate surface area is 152 Å². The largest absolute Gasteiger partial charge is 0.459 e. The fraction of sp³-hybridized carbons (Fsp3) is 0.875. The average molecular weight is 425 g/mol. The monoisotopic (exact) mass is 425 g/mol. The predicted molar refractivity (Wildman–Crippen MR) is 102 cm³/mol. The van der Waals surface area contributed by atoms with Crippen LogP contribution in [-0.4, -0.2) is 36.7 Å². The maximum atomic E-state index is 11.7. The van der Waals surface area contributed by atoms with Crippen molar-refractivity contribution in [2.45, 2.75) is 71.9 Å². The van der Waals surface area contributed by atoms with Gasteiger partial charge in [0, 0.05) is 12.6 Å². The van der Waals surface area contributed by atoms with E-state index in [0.717, 1.165) is 18.9 Å². The second kappa shape index (κ2) is 10.3. The van der Waals surface area contributed by atoms with E-state index in [-0.39, 0.29) is 36.5 Å². The first-order valence-electron chi connectivity index (χ1n) is 8.07. The van der Waals surface area contributed by atoms with Gasteiger partial charge in [-0.05, 0) is 46.5 Å². The third-order valence-corrected chi connectivity index (χ3v) is 3.41. The zero-order valence-electron chi connectivity index (χ0n) is 14.6. The van der Waals surface area contributed by atoms with Crippen LogP contribution in [0.4, 0.5) is 0 Å². The number of hydrogen-bond donors (Lipinski definition) is 2. The molecule has 1 aliphatic rings. The molecule has 1 aliphatic carbocycles. The predicted octanol–water partition coefficient (Wildman–Crippen LogP) is 3.08. The fourth-order valence-corrected chi connectivity index (χ4v) is 2.60. The van der Waals surface area contributed by atoms with E-state index in [4.69, 9.17) is 4.74 Å². The Hall–Kier alpha value is -0.530. The normalized spacial score (nSPS) is 22.5. The number of carbonyl (C=O) groups excluding carboxylic acids is 1. The first-order valence-corrected chi connectivity index (χ1v) is 8.07. The molecule has 0 spiro atoms. The highest BCUT2D eigenvalue weighted by Gasteiger charge is 2.20. The van der Waals surface area contributed by atoms with Crippen molar-refractivity contribution in [1.82, 2.24) is 10.6 Å². The number of guanidine groups is 1. The molecule has 5 nitrogen and oxygen atoms in total. The van der Waals surface area contributed by atoms with E-state index in [9.17, 15) is 4.79 Å². The molecule has 0 aliphatic heterocycles. The van der Waals surface area contributed by atoms with Gasteiger partial charge in [-0.3, -0.25) is 4.79 Å². The molecule has 0 saturated heterocycles. The first kappa shape index (κ1) is 21.5. The summed E-state index contributed by atoms with van der Waals surface area (Å²) in [7, 11) is 0. The van der Waals surface area contributed by atoms with Crippen LogP contribution in [0, 0.1) is 5.92 Å². The van der Waals surface area contributed by atoms with E-state index in [2.05, 4.69) is 22.5 Å². The summed E-state index contributed by atoms with van der Waals surface area (Å²) in [5, 5.41) is 6.63. The fourth-order valence-electron chi connectivity index (χ4n) is 2.60. The van der Waals surface area contributed by atoms with Gasteiger partial charge >= 0.3 is 5.97 Å². The summed E-state index contributed by atoms with van der Waals surface area (Å²) in [5.41, 5.74) is -0.461. The van der Waals surface area contributed by atoms with Gasteiger partial charge in [-0.2, -0.15) is 0 Å². The second-order valence-corrected chi connectivity index (χ2v) is 6.89. The molecule has 1 rings (SSSR count). The number of aliphatic imine (C=N–C) groups is 1. The number of carbonyl (C=O) groups is 1. The van der Waals surface area contributed by atoms with Crippen molar-refractivity contribution in [2.24, 2.45) is 10.9 Å². The van der Waals surface area contributed by atoms with Crippen LogP contribution in [0.15, 0.2) is 4.99 Å². The van der Waals surface area contributed by atoms with E-state index < -0.39 is 5.60 Å². The van der Waals surface area contributed by atoms with E-state index in [1.807, 2.05) is 27.7 Å². The maximum absolute atomic E-state index is 11.7. The Morgan fingerprint density at radius 3 is 2.55 bits per heavy atom. The summed E-state index contributed by atoms with van der Waals surface area (Å²) in [6.07, 6.45) is 4.89. The first-order chi connectivity index (χ1) is 9.80. The Bertz CT molecular complexity index is 367. The number of hydrogen-bond acceptors (Lipinski definition) is 3. The van der Waals surface area contributed by atoms with Crippen molar-refractivity contribution >= 4 is 35.9 Å². The molecular weight excluding hydrogens is 393 g/mol. The Morgan fingerprint density at radius 1 is 1.32 bits per heavy atom. The van der Waals surface area contributed by atoms with Gasteiger partial charge in [-0.1, -0.05) is 19.8 Å². The molecule has 2 atom stereocenters. The van der Waals surface area contributed by atoms with Crippen LogP contribution in [0.25, 0.3) is 0 Å². The number of nitrogens with one attached hydrogen (secondary N) is 2. The van der Waals surface area contributed by atoms with Crippen molar-refractivity contribution in [3.8, 4) is 0 Å². The smallest absolute Gasteiger partial charge is 0.328 e. The summed E-state index contributed by atoms with van der Waals surface area (Å²) < 4.78 is 5.27. The number of rotatable bonds is 4. The van der Waals surface area contributed by atoms with Crippen molar-refractivity contribution in [3.63, 3.8) is 0 Å². The molecule has 22 heavy (non-hydrogen) atoms. The van der Waals surface area contributed by atoms with Crippen molar-refractivity contribution in [2.75, 3.05) is 13.1 Å². The minimum atomic E-state index is -0.461. The number of ether oxygens (including phenoxy) is 1. The van der Waals surface area contributed by atoms with Crippen LogP contribution in [-0.2, 0) is 9.53 Å². The van der Waals surface area contributed by atoms with Crippen LogP contribution >= 0.6 is 24.0 Å². The van der Waals surface area contributed by atoms with Gasteiger partial charge in [-0.15, -0.1) is 24.0 Å². The van der Waals surface area contributed by atoms with E-state index >= 15 is 0 Å². The van der Waals surface area contributed by atoms with Crippen molar-refractivity contribution in [1.29, 1.82) is 0 Å². The molecule has 1 saturated carbocycles. The molecule has 0 aromatic heterocycles. The SMILES string of the molecule is CCNC(=NCC(=O)OC(C)(C)C)NC1CCCC(C)C1.I. The lowest BCUT2D eigenvalue weighted by atomic mass is 9.87. The average Bonchev–Trinajstić information content (AvgIpc) is 2.34. The van der Waals surface area contributed by atoms with Crippen molar-refractivity contribution in [3.05, 3.63) is 0 Å². The second-order valence-electron chi connectivity index (χ2n) is 6.89. The van der Waals surface area contributed by atoms with Crippen LogP contribution in [0.2, 0.25) is 0 Å². The van der Waals surface area contributed by atoms with Gasteiger partial charge in [0.2, 0.25) is 0 Å². The van der Waals surface area contributed by atoms with Gasteiger partial charge < -0.3 is 15.4 Å². The number of halogens is 1. The zero-order chi connectivity index (χ0) is 15.9. The minimum Gasteiger partial charge on any atom is -0.459 e. The Morgan fingerprint density at radius 2 is 2.00 bits per heavy atom. The number of esters is 1. The molecule has 0 aromatic carbocycles. The molecule has 2 unspecified atom stereocenters. The van der Waals surface area contributed by atoms with Crippen LogP contribution in [0.3, 0.4) is 0 Å². The lowest BCUT2D eigenvalue weighted by Gasteiger charge is -2.28. The highest BCUT2D eigenvalue weighted by Crippen LogP contribution is 2.23. The minimum absolute atomic E-state index is 0.